The molecule has 1 aromatic carbocycles. The predicted octanol–water partition coefficient (Wildman–Crippen LogP) is 2.27. The second kappa shape index (κ2) is 3.70. The summed E-state index contributed by atoms with van der Waals surface area (Å²) in [5.74, 6) is -1.03. The van der Waals surface area contributed by atoms with Crippen molar-refractivity contribution < 1.29 is 14.7 Å². The van der Waals surface area contributed by atoms with Gasteiger partial charge in [0, 0.05) is 10.0 Å². The van der Waals surface area contributed by atoms with Gasteiger partial charge in [-0.05, 0) is 24.6 Å². The maximum atomic E-state index is 10.7. The summed E-state index contributed by atoms with van der Waals surface area (Å²) in [4.78, 5) is 21.1. The van der Waals surface area contributed by atoms with Gasteiger partial charge in [0.2, 0.25) is 0 Å². The fourth-order valence-electron chi connectivity index (χ4n) is 0.990. The smallest absolute Gasteiger partial charge is 0.336 e. The van der Waals surface area contributed by atoms with E-state index in [1.54, 1.807) is 13.0 Å². The Hall–Kier alpha value is -1.16. The number of aromatic carboxylic acids is 1. The zero-order chi connectivity index (χ0) is 10.0. The first-order chi connectivity index (χ1) is 6.06. The van der Waals surface area contributed by atoms with Crippen LogP contribution in [0.25, 0.3) is 0 Å². The number of carboxylic acids is 1. The van der Waals surface area contributed by atoms with Crippen LogP contribution in [0.4, 0.5) is 0 Å². The van der Waals surface area contributed by atoms with Gasteiger partial charge in [-0.2, -0.15) is 0 Å². The normalized spacial score (nSPS) is 9.69. The highest BCUT2D eigenvalue weighted by atomic mass is 79.9. The Morgan fingerprint density at radius 2 is 2.15 bits per heavy atom. The number of hydrogen-bond acceptors (Lipinski definition) is 2. The van der Waals surface area contributed by atoms with Crippen molar-refractivity contribution in [2.45, 2.75) is 6.92 Å². The van der Waals surface area contributed by atoms with Crippen molar-refractivity contribution in [1.82, 2.24) is 0 Å². The van der Waals surface area contributed by atoms with Crippen LogP contribution in [-0.4, -0.2) is 17.4 Å². The minimum absolute atomic E-state index is 0.150. The monoisotopic (exact) mass is 242 g/mol. The Morgan fingerprint density at radius 1 is 1.54 bits per heavy atom. The maximum absolute atomic E-state index is 10.7. The lowest BCUT2D eigenvalue weighted by atomic mass is 10.1. The lowest BCUT2D eigenvalue weighted by Gasteiger charge is -2.03. The van der Waals surface area contributed by atoms with Crippen LogP contribution in [0.15, 0.2) is 16.6 Å². The average Bonchev–Trinajstić information content (AvgIpc) is 2.09. The summed E-state index contributed by atoms with van der Waals surface area (Å²) in [6.07, 6.45) is 0.622. The molecule has 0 aliphatic heterocycles. The van der Waals surface area contributed by atoms with Gasteiger partial charge in [-0.3, -0.25) is 4.79 Å². The van der Waals surface area contributed by atoms with E-state index in [1.165, 1.54) is 6.07 Å². The fourth-order valence-corrected chi connectivity index (χ4v) is 1.47. The van der Waals surface area contributed by atoms with Crippen LogP contribution >= 0.6 is 15.9 Å². The molecule has 1 aromatic rings. The van der Waals surface area contributed by atoms with E-state index in [2.05, 4.69) is 15.9 Å². The average molecular weight is 243 g/mol. The summed E-state index contributed by atoms with van der Waals surface area (Å²) < 4.78 is 0.634. The lowest BCUT2D eigenvalue weighted by molar-refractivity contribution is 0.0696. The Kier molecular flexibility index (Phi) is 2.83. The Balaban J connectivity index is 3.41. The molecule has 0 aliphatic rings. The number of carbonyl (C=O) groups excluding carboxylic acids is 1. The van der Waals surface area contributed by atoms with Crippen LogP contribution in [0.1, 0.15) is 26.3 Å². The number of carbonyl (C=O) groups is 2. The fraction of sp³-hybridized carbons (Fsp3) is 0.111. The third-order valence-electron chi connectivity index (χ3n) is 1.73. The van der Waals surface area contributed by atoms with Gasteiger partial charge in [-0.15, -0.1) is 0 Å². The highest BCUT2D eigenvalue weighted by Gasteiger charge is 2.10. The molecule has 0 aliphatic carbocycles. The van der Waals surface area contributed by atoms with Crippen LogP contribution in [0.3, 0.4) is 0 Å². The van der Waals surface area contributed by atoms with E-state index in [0.717, 1.165) is 0 Å². The van der Waals surface area contributed by atoms with Gasteiger partial charge in [-0.1, -0.05) is 15.9 Å². The molecule has 3 nitrogen and oxygen atoms in total. The summed E-state index contributed by atoms with van der Waals surface area (Å²) in [6.45, 7) is 1.68. The van der Waals surface area contributed by atoms with Crippen LogP contribution in [-0.2, 0) is 0 Å². The molecule has 0 fully saturated rings. The maximum Gasteiger partial charge on any atom is 0.336 e. The molecule has 0 aromatic heterocycles. The summed E-state index contributed by atoms with van der Waals surface area (Å²) in [7, 11) is 0. The molecule has 0 saturated heterocycles. The summed E-state index contributed by atoms with van der Waals surface area (Å²) >= 11 is 3.18. The van der Waals surface area contributed by atoms with Crippen molar-refractivity contribution in [3.63, 3.8) is 0 Å². The van der Waals surface area contributed by atoms with Crippen molar-refractivity contribution in [1.29, 1.82) is 0 Å². The number of carboxylic acid groups (broad SMARTS) is 1. The van der Waals surface area contributed by atoms with Gasteiger partial charge >= 0.3 is 5.97 Å². The molecule has 0 spiro atoms. The molecular weight excluding hydrogens is 236 g/mol. The topological polar surface area (TPSA) is 54.4 Å². The van der Waals surface area contributed by atoms with Crippen molar-refractivity contribution in [2.75, 3.05) is 0 Å². The number of aldehydes is 1. The zero-order valence-electron chi connectivity index (χ0n) is 6.87. The van der Waals surface area contributed by atoms with Gasteiger partial charge in [0.25, 0.3) is 0 Å². The van der Waals surface area contributed by atoms with Gasteiger partial charge in [-0.25, -0.2) is 4.79 Å². The standard InChI is InChI=1S/C9H7BrO3/c1-5-7(9(12)13)2-6(4-11)3-8(5)10/h2-4H,1H3,(H,12,13). The molecule has 1 rings (SSSR count). The number of benzene rings is 1. The largest absolute Gasteiger partial charge is 0.478 e. The van der Waals surface area contributed by atoms with E-state index in [0.29, 0.717) is 21.9 Å². The van der Waals surface area contributed by atoms with Crippen LogP contribution in [0.2, 0.25) is 0 Å². The van der Waals surface area contributed by atoms with Crippen molar-refractivity contribution in [2.24, 2.45) is 0 Å². The minimum atomic E-state index is -1.03. The Labute approximate surface area is 83.5 Å². The quantitative estimate of drug-likeness (QED) is 0.810. The highest BCUT2D eigenvalue weighted by molar-refractivity contribution is 9.10. The third kappa shape index (κ3) is 1.95. The van der Waals surface area contributed by atoms with Gasteiger partial charge in [0.05, 0.1) is 5.56 Å². The number of hydrogen-bond donors (Lipinski definition) is 1. The van der Waals surface area contributed by atoms with Crippen LogP contribution in [0.5, 0.6) is 0 Å². The van der Waals surface area contributed by atoms with E-state index >= 15 is 0 Å². The second-order valence-electron chi connectivity index (χ2n) is 2.60. The second-order valence-corrected chi connectivity index (χ2v) is 3.45. The first kappa shape index (κ1) is 9.92. The van der Waals surface area contributed by atoms with Gasteiger partial charge in [0.15, 0.2) is 0 Å². The highest BCUT2D eigenvalue weighted by Crippen LogP contribution is 2.21. The van der Waals surface area contributed by atoms with E-state index in [-0.39, 0.29) is 5.56 Å². The summed E-state index contributed by atoms with van der Waals surface area (Å²) in [5.41, 5.74) is 1.13. The first-order valence-electron chi connectivity index (χ1n) is 3.55. The number of halogens is 1. The summed E-state index contributed by atoms with van der Waals surface area (Å²) in [6, 6.07) is 2.95. The van der Waals surface area contributed by atoms with Crippen molar-refractivity contribution >= 4 is 28.2 Å². The molecule has 0 unspecified atom stereocenters. The molecule has 13 heavy (non-hydrogen) atoms. The third-order valence-corrected chi connectivity index (χ3v) is 2.56. The Morgan fingerprint density at radius 3 is 2.62 bits per heavy atom. The molecule has 1 N–H and O–H groups in total. The van der Waals surface area contributed by atoms with E-state index < -0.39 is 5.97 Å². The van der Waals surface area contributed by atoms with E-state index in [9.17, 15) is 9.59 Å². The molecule has 0 amide bonds. The van der Waals surface area contributed by atoms with E-state index in [4.69, 9.17) is 5.11 Å². The number of rotatable bonds is 2. The summed E-state index contributed by atoms with van der Waals surface area (Å²) in [5, 5.41) is 8.77. The predicted molar refractivity (Wildman–Crippen MR) is 51.2 cm³/mol. The molecule has 0 atom stereocenters. The first-order valence-corrected chi connectivity index (χ1v) is 4.34. The Bertz CT molecular complexity index is 371. The minimum Gasteiger partial charge on any atom is -0.478 e. The zero-order valence-corrected chi connectivity index (χ0v) is 8.46. The molecule has 0 saturated carbocycles. The lowest BCUT2D eigenvalue weighted by Crippen LogP contribution is -2.01. The molecule has 0 heterocycles. The van der Waals surface area contributed by atoms with Gasteiger partial charge < -0.3 is 5.11 Å². The SMILES string of the molecule is Cc1c(Br)cc(C=O)cc1C(=O)O. The van der Waals surface area contributed by atoms with Gasteiger partial charge in [0.1, 0.15) is 6.29 Å². The molecule has 4 heteroatoms. The van der Waals surface area contributed by atoms with Crippen molar-refractivity contribution in [3.8, 4) is 0 Å². The molecule has 0 bridgehead atoms. The van der Waals surface area contributed by atoms with Crippen molar-refractivity contribution in [3.05, 3.63) is 33.3 Å². The molecule has 0 radical (unpaired) electrons. The molecular formula is C9H7BrO3. The molecule has 68 valence electrons. The van der Waals surface area contributed by atoms with E-state index in [1.807, 2.05) is 0 Å². The van der Waals surface area contributed by atoms with Crippen LogP contribution in [0, 0.1) is 6.92 Å². The van der Waals surface area contributed by atoms with Crippen LogP contribution < -0.4 is 0 Å².